The molecule has 5 nitrogen and oxygen atoms in total. The van der Waals surface area contributed by atoms with E-state index in [1.54, 1.807) is 13.0 Å². The highest BCUT2D eigenvalue weighted by Crippen LogP contribution is 2.23. The lowest BCUT2D eigenvalue weighted by Gasteiger charge is -2.07. The van der Waals surface area contributed by atoms with E-state index in [2.05, 4.69) is 38.5 Å². The van der Waals surface area contributed by atoms with E-state index in [0.29, 0.717) is 17.9 Å². The minimum Gasteiger partial charge on any atom is -0.466 e. The van der Waals surface area contributed by atoms with Crippen molar-refractivity contribution in [3.8, 4) is 0 Å². The highest BCUT2D eigenvalue weighted by molar-refractivity contribution is 9.10. The molecule has 0 aliphatic heterocycles. The minimum atomic E-state index is -0.177. The molecule has 1 N–H and O–H groups in total. The van der Waals surface area contributed by atoms with E-state index in [1.807, 2.05) is 37.6 Å². The van der Waals surface area contributed by atoms with Crippen molar-refractivity contribution in [2.45, 2.75) is 34.2 Å². The zero-order valence-corrected chi connectivity index (χ0v) is 16.3. The Morgan fingerprint density at radius 3 is 2.48 bits per heavy atom. The number of rotatable bonds is 4. The van der Waals surface area contributed by atoms with Gasteiger partial charge in [0.05, 0.1) is 29.2 Å². The third-order valence-corrected chi connectivity index (χ3v) is 4.68. The van der Waals surface area contributed by atoms with Gasteiger partial charge in [0.15, 0.2) is 0 Å². The number of nitrogens with zero attached hydrogens (tertiary/aromatic N) is 2. The molecule has 0 aliphatic rings. The maximum absolute atomic E-state index is 12.5. The number of benzene rings is 1. The Morgan fingerprint density at radius 1 is 1.20 bits per heavy atom. The van der Waals surface area contributed by atoms with Crippen molar-refractivity contribution < 1.29 is 9.21 Å². The first-order valence-corrected chi connectivity index (χ1v) is 8.81. The number of aryl methyl sites for hydroxylation is 3. The molecule has 0 atom stereocenters. The summed E-state index contributed by atoms with van der Waals surface area (Å²) < 4.78 is 8.39. The van der Waals surface area contributed by atoms with Crippen LogP contribution in [-0.4, -0.2) is 15.7 Å². The third kappa shape index (κ3) is 3.69. The first-order valence-electron chi connectivity index (χ1n) is 8.02. The number of carbonyl (C=O) groups excluding carboxylic acids is 1. The van der Waals surface area contributed by atoms with Gasteiger partial charge in [-0.2, -0.15) is 5.10 Å². The number of hydrogen-bond donors (Lipinski definition) is 1. The number of amides is 1. The molecule has 0 saturated heterocycles. The summed E-state index contributed by atoms with van der Waals surface area (Å²) in [5.74, 6) is 1.17. The topological polar surface area (TPSA) is 60.1 Å². The van der Waals surface area contributed by atoms with Gasteiger partial charge in [-0.1, -0.05) is 28.1 Å². The van der Waals surface area contributed by atoms with Crippen LogP contribution in [0.25, 0.3) is 0 Å². The molecule has 1 amide bonds. The van der Waals surface area contributed by atoms with Crippen LogP contribution in [0.15, 0.2) is 39.2 Å². The molecule has 3 aromatic rings. The Morgan fingerprint density at radius 2 is 1.88 bits per heavy atom. The molecule has 0 bridgehead atoms. The second-order valence-electron chi connectivity index (χ2n) is 6.11. The van der Waals surface area contributed by atoms with Gasteiger partial charge in [-0.25, -0.2) is 0 Å². The van der Waals surface area contributed by atoms with Gasteiger partial charge in [0, 0.05) is 4.47 Å². The number of carbonyl (C=O) groups is 1. The molecule has 0 unspecified atom stereocenters. The van der Waals surface area contributed by atoms with E-state index in [4.69, 9.17) is 4.42 Å². The summed E-state index contributed by atoms with van der Waals surface area (Å²) in [6.07, 6.45) is 0. The Labute approximate surface area is 155 Å². The lowest BCUT2D eigenvalue weighted by Crippen LogP contribution is -2.13. The fraction of sp³-hybridized carbons (Fsp3) is 0.263. The van der Waals surface area contributed by atoms with Crippen molar-refractivity contribution in [1.82, 2.24) is 9.78 Å². The van der Waals surface area contributed by atoms with Gasteiger partial charge in [-0.05, 0) is 51.5 Å². The van der Waals surface area contributed by atoms with E-state index in [0.717, 1.165) is 32.9 Å². The standard InChI is InChI=1S/C19H20BrN3O2/c1-11-9-17(14(4)25-11)19(24)21-18-12(2)22-23(13(18)3)10-15-5-7-16(20)8-6-15/h5-9H,10H2,1-4H3,(H,21,24). The second kappa shape index (κ2) is 6.88. The normalized spacial score (nSPS) is 10.9. The largest absolute Gasteiger partial charge is 0.466 e. The zero-order chi connectivity index (χ0) is 18.1. The van der Waals surface area contributed by atoms with E-state index in [1.165, 1.54) is 0 Å². The summed E-state index contributed by atoms with van der Waals surface area (Å²) in [5.41, 5.74) is 4.16. The van der Waals surface area contributed by atoms with Gasteiger partial charge < -0.3 is 9.73 Å². The van der Waals surface area contributed by atoms with Crippen LogP contribution in [0, 0.1) is 27.7 Å². The average Bonchev–Trinajstić information content (AvgIpc) is 3.03. The van der Waals surface area contributed by atoms with E-state index >= 15 is 0 Å². The summed E-state index contributed by atoms with van der Waals surface area (Å²) in [6, 6.07) is 9.87. The summed E-state index contributed by atoms with van der Waals surface area (Å²) in [4.78, 5) is 12.5. The highest BCUT2D eigenvalue weighted by atomic mass is 79.9. The summed E-state index contributed by atoms with van der Waals surface area (Å²) >= 11 is 3.44. The van der Waals surface area contributed by atoms with Gasteiger partial charge in [-0.15, -0.1) is 0 Å². The lowest BCUT2D eigenvalue weighted by molar-refractivity contribution is 0.102. The fourth-order valence-electron chi connectivity index (χ4n) is 2.83. The van der Waals surface area contributed by atoms with Crippen LogP contribution >= 0.6 is 15.9 Å². The molecule has 2 heterocycles. The van der Waals surface area contributed by atoms with Crippen LogP contribution in [0.2, 0.25) is 0 Å². The molecular weight excluding hydrogens is 382 g/mol. The Hall–Kier alpha value is -2.34. The molecule has 6 heteroatoms. The first-order chi connectivity index (χ1) is 11.8. The molecule has 0 aliphatic carbocycles. The summed E-state index contributed by atoms with van der Waals surface area (Å²) in [5, 5.41) is 7.54. The van der Waals surface area contributed by atoms with Crippen LogP contribution < -0.4 is 5.32 Å². The maximum Gasteiger partial charge on any atom is 0.259 e. The molecule has 1 aromatic carbocycles. The van der Waals surface area contributed by atoms with Gasteiger partial charge >= 0.3 is 0 Å². The first kappa shape index (κ1) is 17.5. The van der Waals surface area contributed by atoms with Crippen molar-refractivity contribution in [3.05, 3.63) is 68.8 Å². The molecule has 130 valence electrons. The summed E-state index contributed by atoms with van der Waals surface area (Å²) in [7, 11) is 0. The second-order valence-corrected chi connectivity index (χ2v) is 7.03. The van der Waals surface area contributed by atoms with Crippen molar-refractivity contribution >= 4 is 27.5 Å². The van der Waals surface area contributed by atoms with Crippen molar-refractivity contribution in [3.63, 3.8) is 0 Å². The monoisotopic (exact) mass is 401 g/mol. The predicted octanol–water partition coefficient (Wildman–Crippen LogP) is 4.77. The van der Waals surface area contributed by atoms with Crippen molar-refractivity contribution in [1.29, 1.82) is 0 Å². The number of hydrogen-bond acceptors (Lipinski definition) is 3. The van der Waals surface area contributed by atoms with E-state index in [9.17, 15) is 4.79 Å². The molecule has 0 fully saturated rings. The molecule has 0 spiro atoms. The van der Waals surface area contributed by atoms with E-state index in [-0.39, 0.29) is 5.91 Å². The Kier molecular flexibility index (Phi) is 4.81. The van der Waals surface area contributed by atoms with E-state index < -0.39 is 0 Å². The number of aromatic nitrogens is 2. The minimum absolute atomic E-state index is 0.177. The highest BCUT2D eigenvalue weighted by Gasteiger charge is 2.18. The molecule has 3 rings (SSSR count). The maximum atomic E-state index is 12.5. The number of nitrogens with one attached hydrogen (secondary N) is 1. The Balaban J connectivity index is 1.83. The van der Waals surface area contributed by atoms with Gasteiger partial charge in [0.1, 0.15) is 11.5 Å². The molecular formula is C19H20BrN3O2. The molecule has 0 radical (unpaired) electrons. The van der Waals surface area contributed by atoms with Gasteiger partial charge in [-0.3, -0.25) is 9.48 Å². The molecule has 25 heavy (non-hydrogen) atoms. The lowest BCUT2D eigenvalue weighted by atomic mass is 10.2. The smallest absolute Gasteiger partial charge is 0.259 e. The average molecular weight is 402 g/mol. The predicted molar refractivity (Wildman–Crippen MR) is 101 cm³/mol. The zero-order valence-electron chi connectivity index (χ0n) is 14.7. The number of halogens is 1. The summed E-state index contributed by atoms with van der Waals surface area (Å²) in [6.45, 7) is 8.13. The number of furan rings is 1. The number of anilines is 1. The Bertz CT molecular complexity index is 923. The SMILES string of the molecule is Cc1cc(C(=O)Nc2c(C)nn(Cc3ccc(Br)cc3)c2C)c(C)o1. The fourth-order valence-corrected chi connectivity index (χ4v) is 3.10. The van der Waals surface area contributed by atoms with Crippen molar-refractivity contribution in [2.24, 2.45) is 0 Å². The van der Waals surface area contributed by atoms with Crippen LogP contribution in [0.4, 0.5) is 5.69 Å². The van der Waals surface area contributed by atoms with Crippen molar-refractivity contribution in [2.75, 3.05) is 5.32 Å². The van der Waals surface area contributed by atoms with Crippen LogP contribution in [0.1, 0.15) is 38.8 Å². The third-order valence-electron chi connectivity index (χ3n) is 4.15. The molecule has 2 aromatic heterocycles. The van der Waals surface area contributed by atoms with Crippen LogP contribution in [-0.2, 0) is 6.54 Å². The van der Waals surface area contributed by atoms with Gasteiger partial charge in [0.25, 0.3) is 5.91 Å². The quantitative estimate of drug-likeness (QED) is 0.684. The molecule has 0 saturated carbocycles. The van der Waals surface area contributed by atoms with Crippen LogP contribution in [0.5, 0.6) is 0 Å². The van der Waals surface area contributed by atoms with Crippen LogP contribution in [0.3, 0.4) is 0 Å². The van der Waals surface area contributed by atoms with Gasteiger partial charge in [0.2, 0.25) is 0 Å².